The molecule has 4 heteroatoms. The Bertz CT molecular complexity index is 488. The molecule has 0 unspecified atom stereocenters. The third-order valence-corrected chi connectivity index (χ3v) is 4.10. The molecule has 1 saturated heterocycles. The normalized spacial score (nSPS) is 15.2. The molecule has 120 valence electrons. The standard InChI is InChI=1S/C18H26N2O2/c1-2-3-12-19-17(21)15-8-10-16(11-9-15)18(22)20-13-6-4-5-7-14-20/h8-11H,2-7,12-14H2,1H3,(H,19,21). The Hall–Kier alpha value is -1.84. The molecular formula is C18H26N2O2. The van der Waals surface area contributed by atoms with Crippen LogP contribution in [0.15, 0.2) is 24.3 Å². The second-order valence-electron chi connectivity index (χ2n) is 5.89. The first-order valence-corrected chi connectivity index (χ1v) is 8.40. The van der Waals surface area contributed by atoms with Gasteiger partial charge in [0, 0.05) is 30.8 Å². The number of nitrogens with one attached hydrogen (secondary N) is 1. The first-order chi connectivity index (χ1) is 10.7. The molecule has 0 radical (unpaired) electrons. The highest BCUT2D eigenvalue weighted by Gasteiger charge is 2.17. The van der Waals surface area contributed by atoms with Gasteiger partial charge >= 0.3 is 0 Å². The topological polar surface area (TPSA) is 49.4 Å². The Morgan fingerprint density at radius 1 is 1.00 bits per heavy atom. The number of amides is 2. The number of hydrogen-bond donors (Lipinski definition) is 1. The van der Waals surface area contributed by atoms with Gasteiger partial charge in [-0.2, -0.15) is 0 Å². The van der Waals surface area contributed by atoms with E-state index in [-0.39, 0.29) is 11.8 Å². The maximum absolute atomic E-state index is 12.5. The van der Waals surface area contributed by atoms with Crippen LogP contribution in [0.5, 0.6) is 0 Å². The molecule has 0 atom stereocenters. The van der Waals surface area contributed by atoms with Crippen LogP contribution in [-0.4, -0.2) is 36.3 Å². The second-order valence-corrected chi connectivity index (χ2v) is 5.89. The zero-order valence-corrected chi connectivity index (χ0v) is 13.4. The van der Waals surface area contributed by atoms with E-state index in [9.17, 15) is 9.59 Å². The summed E-state index contributed by atoms with van der Waals surface area (Å²) >= 11 is 0. The zero-order valence-electron chi connectivity index (χ0n) is 13.4. The summed E-state index contributed by atoms with van der Waals surface area (Å²) in [5, 5.41) is 2.89. The Morgan fingerprint density at radius 3 is 2.18 bits per heavy atom. The molecule has 2 rings (SSSR count). The van der Waals surface area contributed by atoms with Crippen LogP contribution >= 0.6 is 0 Å². The molecule has 0 aromatic heterocycles. The van der Waals surface area contributed by atoms with Crippen molar-refractivity contribution in [2.45, 2.75) is 45.4 Å². The van der Waals surface area contributed by atoms with Crippen LogP contribution in [0.3, 0.4) is 0 Å². The number of carbonyl (C=O) groups excluding carboxylic acids is 2. The fourth-order valence-electron chi connectivity index (χ4n) is 2.70. The van der Waals surface area contributed by atoms with Crippen molar-refractivity contribution in [1.29, 1.82) is 0 Å². The van der Waals surface area contributed by atoms with Crippen LogP contribution in [0.25, 0.3) is 0 Å². The molecule has 1 aliphatic heterocycles. The predicted molar refractivity (Wildman–Crippen MR) is 88.1 cm³/mol. The van der Waals surface area contributed by atoms with Crippen molar-refractivity contribution in [3.63, 3.8) is 0 Å². The molecule has 4 nitrogen and oxygen atoms in total. The Labute approximate surface area is 132 Å². The van der Waals surface area contributed by atoms with Gasteiger partial charge in [-0.1, -0.05) is 26.2 Å². The van der Waals surface area contributed by atoms with Crippen LogP contribution in [0.2, 0.25) is 0 Å². The van der Waals surface area contributed by atoms with E-state index in [2.05, 4.69) is 12.2 Å². The summed E-state index contributed by atoms with van der Waals surface area (Å²) in [6.07, 6.45) is 6.63. The maximum atomic E-state index is 12.5. The summed E-state index contributed by atoms with van der Waals surface area (Å²) in [5.41, 5.74) is 1.29. The van der Waals surface area contributed by atoms with E-state index in [1.807, 2.05) is 4.90 Å². The van der Waals surface area contributed by atoms with Crippen molar-refractivity contribution in [2.75, 3.05) is 19.6 Å². The highest BCUT2D eigenvalue weighted by Crippen LogP contribution is 2.14. The minimum Gasteiger partial charge on any atom is -0.352 e. The second kappa shape index (κ2) is 8.57. The molecule has 0 spiro atoms. The quantitative estimate of drug-likeness (QED) is 0.849. The van der Waals surface area contributed by atoms with Gasteiger partial charge in [-0.05, 0) is 43.5 Å². The number of likely N-dealkylation sites (tertiary alicyclic amines) is 1. The maximum Gasteiger partial charge on any atom is 0.253 e. The third kappa shape index (κ3) is 4.58. The summed E-state index contributed by atoms with van der Waals surface area (Å²) in [6, 6.07) is 7.02. The minimum absolute atomic E-state index is 0.0674. The lowest BCUT2D eigenvalue weighted by molar-refractivity contribution is 0.0761. The molecule has 1 aromatic carbocycles. The van der Waals surface area contributed by atoms with E-state index >= 15 is 0 Å². The van der Waals surface area contributed by atoms with Gasteiger partial charge in [-0.25, -0.2) is 0 Å². The highest BCUT2D eigenvalue weighted by atomic mass is 16.2. The van der Waals surface area contributed by atoms with Crippen LogP contribution in [-0.2, 0) is 0 Å². The predicted octanol–water partition coefficient (Wildman–Crippen LogP) is 3.23. The summed E-state index contributed by atoms with van der Waals surface area (Å²) in [6.45, 7) is 4.48. The van der Waals surface area contributed by atoms with Crippen molar-refractivity contribution in [2.24, 2.45) is 0 Å². The van der Waals surface area contributed by atoms with Crippen LogP contribution in [0.1, 0.15) is 66.2 Å². The van der Waals surface area contributed by atoms with E-state index in [1.165, 1.54) is 12.8 Å². The van der Waals surface area contributed by atoms with Crippen LogP contribution < -0.4 is 5.32 Å². The van der Waals surface area contributed by atoms with Crippen molar-refractivity contribution in [1.82, 2.24) is 10.2 Å². The van der Waals surface area contributed by atoms with Crippen molar-refractivity contribution >= 4 is 11.8 Å². The van der Waals surface area contributed by atoms with Gasteiger partial charge in [0.15, 0.2) is 0 Å². The molecule has 1 aliphatic rings. The van der Waals surface area contributed by atoms with E-state index in [0.717, 1.165) is 38.8 Å². The number of unbranched alkanes of at least 4 members (excludes halogenated alkanes) is 1. The highest BCUT2D eigenvalue weighted by molar-refractivity contribution is 5.97. The minimum atomic E-state index is -0.0674. The van der Waals surface area contributed by atoms with Crippen LogP contribution in [0.4, 0.5) is 0 Å². The van der Waals surface area contributed by atoms with Crippen molar-refractivity contribution < 1.29 is 9.59 Å². The first-order valence-electron chi connectivity index (χ1n) is 8.40. The number of rotatable bonds is 5. The molecule has 0 saturated carbocycles. The monoisotopic (exact) mass is 302 g/mol. The molecule has 0 bridgehead atoms. The van der Waals surface area contributed by atoms with Crippen LogP contribution in [0, 0.1) is 0 Å². The number of carbonyl (C=O) groups is 2. The summed E-state index contributed by atoms with van der Waals surface area (Å²) in [7, 11) is 0. The van der Waals surface area contributed by atoms with Crippen molar-refractivity contribution in [3.05, 3.63) is 35.4 Å². The SMILES string of the molecule is CCCCNC(=O)c1ccc(C(=O)N2CCCCCC2)cc1. The van der Waals surface area contributed by atoms with E-state index in [1.54, 1.807) is 24.3 Å². The van der Waals surface area contributed by atoms with Gasteiger partial charge < -0.3 is 10.2 Å². The lowest BCUT2D eigenvalue weighted by atomic mass is 10.1. The smallest absolute Gasteiger partial charge is 0.253 e. The van der Waals surface area contributed by atoms with Gasteiger partial charge in [0.1, 0.15) is 0 Å². The Kier molecular flexibility index (Phi) is 6.44. The molecule has 1 aromatic rings. The molecule has 1 fully saturated rings. The van der Waals surface area contributed by atoms with Gasteiger partial charge in [-0.3, -0.25) is 9.59 Å². The number of benzene rings is 1. The molecular weight excluding hydrogens is 276 g/mol. The zero-order chi connectivity index (χ0) is 15.8. The molecule has 1 heterocycles. The van der Waals surface area contributed by atoms with E-state index < -0.39 is 0 Å². The molecule has 22 heavy (non-hydrogen) atoms. The molecule has 2 amide bonds. The molecule has 0 aliphatic carbocycles. The Morgan fingerprint density at radius 2 is 1.59 bits per heavy atom. The summed E-state index contributed by atoms with van der Waals surface area (Å²) < 4.78 is 0. The van der Waals surface area contributed by atoms with Gasteiger partial charge in [0.25, 0.3) is 11.8 Å². The Balaban J connectivity index is 1.95. The van der Waals surface area contributed by atoms with Gasteiger partial charge in [0.05, 0.1) is 0 Å². The molecule has 1 N–H and O–H groups in total. The summed E-state index contributed by atoms with van der Waals surface area (Å²) in [5.74, 6) is 0.0158. The lowest BCUT2D eigenvalue weighted by Crippen LogP contribution is -2.31. The van der Waals surface area contributed by atoms with Crippen molar-refractivity contribution in [3.8, 4) is 0 Å². The third-order valence-electron chi connectivity index (χ3n) is 4.10. The van der Waals surface area contributed by atoms with E-state index in [0.29, 0.717) is 17.7 Å². The summed E-state index contributed by atoms with van der Waals surface area (Å²) in [4.78, 5) is 26.3. The number of nitrogens with zero attached hydrogens (tertiary/aromatic N) is 1. The van der Waals surface area contributed by atoms with E-state index in [4.69, 9.17) is 0 Å². The average Bonchev–Trinajstić information content (AvgIpc) is 2.84. The number of hydrogen-bond acceptors (Lipinski definition) is 2. The first kappa shape index (κ1) is 16.5. The lowest BCUT2D eigenvalue weighted by Gasteiger charge is -2.20. The van der Waals surface area contributed by atoms with Gasteiger partial charge in [-0.15, -0.1) is 0 Å². The largest absolute Gasteiger partial charge is 0.352 e. The van der Waals surface area contributed by atoms with Gasteiger partial charge in [0.2, 0.25) is 0 Å². The fourth-order valence-corrected chi connectivity index (χ4v) is 2.70. The fraction of sp³-hybridized carbons (Fsp3) is 0.556. The average molecular weight is 302 g/mol.